The van der Waals surface area contributed by atoms with Crippen LogP contribution in [0.4, 0.5) is 43.9 Å². The summed E-state index contributed by atoms with van der Waals surface area (Å²) in [6.45, 7) is 0.699. The van der Waals surface area contributed by atoms with E-state index in [9.17, 15) is 92.5 Å². The average Bonchev–Trinajstić information content (AvgIpc) is 1.58. The summed E-state index contributed by atoms with van der Waals surface area (Å²) in [4.78, 5) is 108. The van der Waals surface area contributed by atoms with Gasteiger partial charge < -0.3 is 58.2 Å². The van der Waals surface area contributed by atoms with Crippen molar-refractivity contribution in [2.24, 2.45) is 0 Å². The Morgan fingerprint density at radius 1 is 0.339 bits per heavy atom. The highest BCUT2D eigenvalue weighted by atomic mass is 35.5. The lowest BCUT2D eigenvalue weighted by Crippen LogP contribution is -2.21. The molecule has 0 saturated heterocycles. The van der Waals surface area contributed by atoms with Crippen LogP contribution in [-0.4, -0.2) is 195 Å². The van der Waals surface area contributed by atoms with E-state index in [0.29, 0.717) is 65.5 Å². The molecule has 0 atom stereocenters. The summed E-state index contributed by atoms with van der Waals surface area (Å²) in [5, 5.41) is 21.3. The van der Waals surface area contributed by atoms with Gasteiger partial charge in [0, 0.05) is 119 Å². The molecule has 0 bridgehead atoms. The van der Waals surface area contributed by atoms with Crippen molar-refractivity contribution < 1.29 is 121 Å². The molecule has 8 aromatic carbocycles. The van der Waals surface area contributed by atoms with Gasteiger partial charge in [-0.1, -0.05) is 46.4 Å². The van der Waals surface area contributed by atoms with Gasteiger partial charge in [0.25, 0.3) is 23.6 Å². The van der Waals surface area contributed by atoms with Crippen LogP contribution in [0.5, 0.6) is 23.0 Å². The van der Waals surface area contributed by atoms with Gasteiger partial charge in [0.1, 0.15) is 22.8 Å². The topological polar surface area (TPSA) is 265 Å². The summed E-state index contributed by atoms with van der Waals surface area (Å²) >= 11 is 23.7. The van der Waals surface area contributed by atoms with Gasteiger partial charge >= 0.3 is 42.4 Å². The molecule has 12 rings (SSSR count). The van der Waals surface area contributed by atoms with Crippen LogP contribution in [0.25, 0.3) is 43.6 Å². The number of carbonyl (C=O) groups excluding carboxylic acids is 6. The maximum absolute atomic E-state index is 14.5. The number of fused-ring (bicyclic) bond motifs is 4. The zero-order valence-corrected chi connectivity index (χ0v) is 73.5. The molecule has 12 aromatic rings. The maximum atomic E-state index is 14.5. The van der Waals surface area contributed by atoms with E-state index in [1.807, 2.05) is 4.90 Å². The lowest BCUT2D eigenvalue weighted by atomic mass is 10.0. The average molecular weight is 1850 g/mol. The largest absolute Gasteiger partial charge is 0.496 e. The summed E-state index contributed by atoms with van der Waals surface area (Å²) in [6, 6.07) is 33.5. The summed E-state index contributed by atoms with van der Waals surface area (Å²) in [5.74, 6) is -7.58. The van der Waals surface area contributed by atoms with E-state index in [1.54, 1.807) is 95.3 Å². The Labute approximate surface area is 740 Å². The van der Waals surface area contributed by atoms with Gasteiger partial charge in [-0.05, 0) is 218 Å². The highest BCUT2D eigenvalue weighted by Crippen LogP contribution is 2.47. The van der Waals surface area contributed by atoms with Crippen LogP contribution in [0, 0.1) is 5.82 Å². The fourth-order valence-electron chi connectivity index (χ4n) is 14.3. The lowest BCUT2D eigenvalue weighted by Gasteiger charge is -2.16. The Bertz CT molecular complexity index is 6100. The predicted molar refractivity (Wildman–Crippen MR) is 457 cm³/mol. The molecule has 24 nitrogen and oxygen atoms in total. The second-order valence-electron chi connectivity index (χ2n) is 29.6. The number of aromatic nitrogens is 4. The summed E-state index contributed by atoms with van der Waals surface area (Å²) < 4.78 is 174. The number of hydrogen-bond donors (Lipinski definition) is 2. The number of methoxy groups -OCH3 is 6. The molecule has 0 amide bonds. The predicted octanol–water partition coefficient (Wildman–Crippen LogP) is 18.1. The number of esters is 2. The first-order valence-corrected chi connectivity index (χ1v) is 39.3. The number of halogens is 14. The molecule has 127 heavy (non-hydrogen) atoms. The normalized spacial score (nSPS) is 11.7. The molecule has 2 N–H and O–H groups in total. The first-order chi connectivity index (χ1) is 59.6. The van der Waals surface area contributed by atoms with Crippen molar-refractivity contribution >= 4 is 138 Å². The first-order valence-electron chi connectivity index (χ1n) is 37.8. The summed E-state index contributed by atoms with van der Waals surface area (Å²) in [6.07, 6.45) is -15.7. The summed E-state index contributed by atoms with van der Waals surface area (Å²) in [5.41, 5.74) is 0.655. The van der Waals surface area contributed by atoms with E-state index in [1.165, 1.54) is 125 Å². The number of hydrogen-bond acceptors (Lipinski definition) is 18. The van der Waals surface area contributed by atoms with Gasteiger partial charge in [0.15, 0.2) is 11.6 Å². The van der Waals surface area contributed by atoms with Crippen molar-refractivity contribution in [3.05, 3.63) is 255 Å². The molecule has 0 aliphatic carbocycles. The van der Waals surface area contributed by atoms with E-state index in [2.05, 4.69) is 0 Å². The Hall–Kier alpha value is -12.0. The van der Waals surface area contributed by atoms with Crippen molar-refractivity contribution in [3.8, 4) is 23.0 Å². The second kappa shape index (κ2) is 41.2. The van der Waals surface area contributed by atoms with Crippen molar-refractivity contribution in [1.29, 1.82) is 0 Å². The number of carboxylic acids is 2. The molecule has 38 heteroatoms. The molecule has 4 heterocycles. The standard InChI is InChI=1S/2C23H22ClF3N2O4.C22H20ClF3N2O4.C21H20ClFN2O4/c1-28(2)12-19-16(10-21(30)33-4)15-9-20(32-3)17(23(25,26)27)11-18(15)29(19)22(31)13-5-7-14(24)8-6-13;1-28(2)12-17-15(11-19(30)33-4)20-16(9-10-18(32-3)21(20)23(25,26)27)29(17)22(31)13-5-7-14(24)8-6-13;1-27(2)11-18-15(9-20(29)30)14-8-19(32-3)16(22(24,25)26)10-17(14)28(18)21(31)12-4-6-13(23)7-5-12;1-24(2)11-18-15(9-20(26)27)14-8-19(29-3)16(23)10-17(14)25(18)21(28)12-4-6-13(22)7-5-12/h5-9,11H,10,12H2,1-4H3;5-10H,11-12H2,1-4H3;4-8,10H,9,11H2,1-3H3,(H,29,30);4-8,10H,9,11H2,1-3H3,(H,26,27). The molecule has 0 spiro atoms. The van der Waals surface area contributed by atoms with Crippen molar-refractivity contribution in [2.45, 2.75) is 70.4 Å². The molecule has 0 fully saturated rings. The fourth-order valence-corrected chi connectivity index (χ4v) is 14.8. The molecule has 4 aromatic heterocycles. The number of benzene rings is 8. The van der Waals surface area contributed by atoms with E-state index in [0.717, 1.165) is 57.3 Å². The van der Waals surface area contributed by atoms with Crippen LogP contribution >= 0.6 is 46.4 Å². The molecule has 0 saturated carbocycles. The molecule has 674 valence electrons. The number of ether oxygens (including phenoxy) is 6. The lowest BCUT2D eigenvalue weighted by molar-refractivity contribution is -0.140. The van der Waals surface area contributed by atoms with Gasteiger partial charge in [-0.2, -0.15) is 39.5 Å². The van der Waals surface area contributed by atoms with E-state index in [-0.39, 0.29) is 110 Å². The van der Waals surface area contributed by atoms with E-state index >= 15 is 0 Å². The fraction of sp³-hybridized carbons (Fsp3) is 0.281. The van der Waals surface area contributed by atoms with Gasteiger partial charge in [-0.15, -0.1) is 0 Å². The SMILES string of the molecule is COC(=O)Cc1c(CN(C)C)n(C(=O)c2ccc(Cl)cc2)c2cc(C(F)(F)F)c(OC)cc12.COC(=O)Cc1c(CN(C)C)n(C(=O)c2ccc(Cl)cc2)c2ccc(OC)c(C(F)(F)F)c12.COc1cc2c(CC(=O)O)c(CN(C)C)n(C(=O)c3ccc(Cl)cc3)c2cc1C(F)(F)F.COc1cc2c(CC(=O)O)c(CN(C)C)n(C(=O)c3ccc(Cl)cc3)c2cc1F. The third-order valence-corrected chi connectivity index (χ3v) is 20.7. The second-order valence-corrected chi connectivity index (χ2v) is 31.3. The summed E-state index contributed by atoms with van der Waals surface area (Å²) in [7, 11) is 21.0. The van der Waals surface area contributed by atoms with Crippen molar-refractivity contribution in [1.82, 2.24) is 37.9 Å². The Morgan fingerprint density at radius 3 is 0.874 bits per heavy atom. The van der Waals surface area contributed by atoms with Gasteiger partial charge in [-0.25, -0.2) is 4.39 Å². The van der Waals surface area contributed by atoms with Crippen molar-refractivity contribution in [3.63, 3.8) is 0 Å². The van der Waals surface area contributed by atoms with Crippen LogP contribution in [0.2, 0.25) is 20.1 Å². The number of carbonyl (C=O) groups is 8. The van der Waals surface area contributed by atoms with Crippen LogP contribution < -0.4 is 18.9 Å². The highest BCUT2D eigenvalue weighted by Gasteiger charge is 2.42. The zero-order valence-electron chi connectivity index (χ0n) is 70.5. The number of aliphatic carboxylic acids is 2. The minimum atomic E-state index is -4.80. The van der Waals surface area contributed by atoms with Gasteiger partial charge in [-0.3, -0.25) is 56.6 Å². The Balaban J connectivity index is 0.000000192. The number of nitrogens with zero attached hydrogens (tertiary/aromatic N) is 8. The van der Waals surface area contributed by atoms with Crippen LogP contribution in [-0.2, 0) is 99.0 Å². The maximum Gasteiger partial charge on any atom is 0.420 e. The molecule has 0 radical (unpaired) electrons. The number of carboxylic acid groups (broad SMARTS) is 2. The first kappa shape index (κ1) is 98.8. The monoisotopic (exact) mass is 1850 g/mol. The smallest absolute Gasteiger partial charge is 0.420 e. The van der Waals surface area contributed by atoms with E-state index in [4.69, 9.17) is 74.8 Å². The van der Waals surface area contributed by atoms with Crippen LogP contribution in [0.1, 0.15) is 103 Å². The Kier molecular flexibility index (Phi) is 32.0. The Morgan fingerprint density at radius 2 is 0.606 bits per heavy atom. The highest BCUT2D eigenvalue weighted by molar-refractivity contribution is 6.32. The van der Waals surface area contributed by atoms with Crippen molar-refractivity contribution in [2.75, 3.05) is 99.0 Å². The molecular weight excluding hydrogens is 1770 g/mol. The number of rotatable bonds is 24. The number of alkyl halides is 9. The van der Waals surface area contributed by atoms with Crippen LogP contribution in [0.3, 0.4) is 0 Å². The minimum Gasteiger partial charge on any atom is -0.496 e. The zero-order chi connectivity index (χ0) is 94.1. The minimum absolute atomic E-state index is 0.0128. The molecule has 0 aliphatic rings. The third kappa shape index (κ3) is 22.7. The van der Waals surface area contributed by atoms with Gasteiger partial charge in [0.05, 0.1) is 102 Å². The van der Waals surface area contributed by atoms with E-state index < -0.39 is 119 Å². The molecule has 0 unspecified atom stereocenters. The quantitative estimate of drug-likeness (QED) is 0.0420. The third-order valence-electron chi connectivity index (χ3n) is 19.7. The molecule has 0 aliphatic heterocycles. The van der Waals surface area contributed by atoms with Crippen LogP contribution in [0.15, 0.2) is 146 Å². The molecular formula is C89H84Cl4F10N8O16. The van der Waals surface area contributed by atoms with Gasteiger partial charge in [0.2, 0.25) is 0 Å².